The van der Waals surface area contributed by atoms with Crippen LogP contribution in [0.15, 0.2) is 4.99 Å². The minimum Gasteiger partial charge on any atom is -0.356 e. The zero-order chi connectivity index (χ0) is 16.7. The molecule has 0 aromatic rings. The number of likely N-dealkylation sites (tertiary alicyclic amines) is 2. The summed E-state index contributed by atoms with van der Waals surface area (Å²) in [5, 5.41) is 3.57. The molecule has 2 fully saturated rings. The summed E-state index contributed by atoms with van der Waals surface area (Å²) in [7, 11) is 1.92. The van der Waals surface area contributed by atoms with Gasteiger partial charge < -0.3 is 15.1 Å². The quantitative estimate of drug-likeness (QED) is 0.479. The smallest absolute Gasteiger partial charge is 0.193 e. The molecule has 0 saturated carbocycles. The van der Waals surface area contributed by atoms with E-state index in [0.29, 0.717) is 5.41 Å². The molecule has 0 aromatic carbocycles. The molecule has 1 atom stereocenters. The Kier molecular flexibility index (Phi) is 7.19. The number of piperidine rings is 1. The Morgan fingerprint density at radius 3 is 2.52 bits per heavy atom. The molecular weight excluding hydrogens is 284 g/mol. The van der Waals surface area contributed by atoms with Gasteiger partial charge in [0.25, 0.3) is 0 Å². The van der Waals surface area contributed by atoms with Crippen molar-refractivity contribution >= 4 is 5.96 Å². The summed E-state index contributed by atoms with van der Waals surface area (Å²) < 4.78 is 0. The number of guanidine groups is 1. The number of hydrogen-bond acceptors (Lipinski definition) is 2. The van der Waals surface area contributed by atoms with Crippen molar-refractivity contribution in [2.45, 2.75) is 59.3 Å². The lowest BCUT2D eigenvalue weighted by Gasteiger charge is -2.29. The van der Waals surface area contributed by atoms with Crippen LogP contribution in [-0.2, 0) is 0 Å². The van der Waals surface area contributed by atoms with Crippen molar-refractivity contribution in [2.75, 3.05) is 46.3 Å². The molecule has 134 valence electrons. The van der Waals surface area contributed by atoms with Crippen LogP contribution in [0, 0.1) is 11.3 Å². The Morgan fingerprint density at radius 1 is 1.13 bits per heavy atom. The highest BCUT2D eigenvalue weighted by atomic mass is 15.3. The van der Waals surface area contributed by atoms with Gasteiger partial charge in [-0.25, -0.2) is 0 Å². The fraction of sp³-hybridized carbons (Fsp3) is 0.947. The molecule has 2 rings (SSSR count). The Hall–Kier alpha value is -0.770. The largest absolute Gasteiger partial charge is 0.356 e. The molecular formula is C19H38N4. The fourth-order valence-corrected chi connectivity index (χ4v) is 3.83. The van der Waals surface area contributed by atoms with Gasteiger partial charge in [-0.1, -0.05) is 27.2 Å². The molecule has 0 radical (unpaired) electrons. The molecule has 2 heterocycles. The summed E-state index contributed by atoms with van der Waals surface area (Å²) in [6.45, 7) is 14.2. The Balaban J connectivity index is 1.68. The number of hydrogen-bond donors (Lipinski definition) is 1. The maximum absolute atomic E-state index is 4.50. The summed E-state index contributed by atoms with van der Waals surface area (Å²) >= 11 is 0. The predicted molar refractivity (Wildman–Crippen MR) is 100 cm³/mol. The maximum atomic E-state index is 4.50. The third-order valence-corrected chi connectivity index (χ3v) is 5.15. The molecule has 0 spiro atoms. The van der Waals surface area contributed by atoms with Gasteiger partial charge in [0, 0.05) is 33.2 Å². The number of aliphatic imine (C=N–C) groups is 1. The molecule has 1 unspecified atom stereocenters. The predicted octanol–water partition coefficient (Wildman–Crippen LogP) is 3.20. The zero-order valence-corrected chi connectivity index (χ0v) is 15.9. The second-order valence-corrected chi connectivity index (χ2v) is 8.60. The van der Waals surface area contributed by atoms with Crippen LogP contribution in [0.3, 0.4) is 0 Å². The average Bonchev–Trinajstić information content (AvgIpc) is 2.95. The van der Waals surface area contributed by atoms with Gasteiger partial charge >= 0.3 is 0 Å². The Bertz CT molecular complexity index is 366. The van der Waals surface area contributed by atoms with Crippen molar-refractivity contribution in [3.8, 4) is 0 Å². The summed E-state index contributed by atoms with van der Waals surface area (Å²) in [6, 6.07) is 0. The molecule has 4 heteroatoms. The molecule has 2 aliphatic heterocycles. The molecule has 2 aliphatic rings. The van der Waals surface area contributed by atoms with Crippen molar-refractivity contribution in [1.82, 2.24) is 15.1 Å². The van der Waals surface area contributed by atoms with Crippen molar-refractivity contribution in [3.63, 3.8) is 0 Å². The van der Waals surface area contributed by atoms with E-state index >= 15 is 0 Å². The van der Waals surface area contributed by atoms with Crippen LogP contribution >= 0.6 is 0 Å². The molecule has 2 saturated heterocycles. The van der Waals surface area contributed by atoms with Gasteiger partial charge in [-0.2, -0.15) is 0 Å². The van der Waals surface area contributed by atoms with E-state index in [2.05, 4.69) is 40.9 Å². The first-order valence-electron chi connectivity index (χ1n) is 9.66. The molecule has 23 heavy (non-hydrogen) atoms. The first-order valence-corrected chi connectivity index (χ1v) is 9.66. The van der Waals surface area contributed by atoms with Gasteiger partial charge in [-0.05, 0) is 56.5 Å². The van der Waals surface area contributed by atoms with Gasteiger partial charge in [0.1, 0.15) is 0 Å². The SMILES string of the molecule is CN=C(NCCCC(C)(C)C)N1CCC(CN2CCCCC2)C1. The lowest BCUT2D eigenvalue weighted by molar-refractivity contribution is 0.198. The van der Waals surface area contributed by atoms with E-state index in [1.54, 1.807) is 0 Å². The number of nitrogens with zero attached hydrogens (tertiary/aromatic N) is 3. The van der Waals surface area contributed by atoms with E-state index in [-0.39, 0.29) is 0 Å². The zero-order valence-electron chi connectivity index (χ0n) is 15.9. The number of nitrogens with one attached hydrogen (secondary N) is 1. The topological polar surface area (TPSA) is 30.9 Å². The fourth-order valence-electron chi connectivity index (χ4n) is 3.83. The van der Waals surface area contributed by atoms with Gasteiger partial charge in [-0.3, -0.25) is 4.99 Å². The molecule has 0 bridgehead atoms. The van der Waals surface area contributed by atoms with Gasteiger partial charge in [0.05, 0.1) is 0 Å². The van der Waals surface area contributed by atoms with E-state index < -0.39 is 0 Å². The van der Waals surface area contributed by atoms with Crippen LogP contribution in [0.5, 0.6) is 0 Å². The molecule has 0 aromatic heterocycles. The summed E-state index contributed by atoms with van der Waals surface area (Å²) in [5.74, 6) is 1.93. The van der Waals surface area contributed by atoms with Gasteiger partial charge in [0.2, 0.25) is 0 Å². The van der Waals surface area contributed by atoms with E-state index in [0.717, 1.165) is 25.0 Å². The first kappa shape index (κ1) is 18.6. The second-order valence-electron chi connectivity index (χ2n) is 8.60. The van der Waals surface area contributed by atoms with Crippen LogP contribution in [0.2, 0.25) is 0 Å². The molecule has 4 nitrogen and oxygen atoms in total. The lowest BCUT2D eigenvalue weighted by Crippen LogP contribution is -2.41. The van der Waals surface area contributed by atoms with E-state index in [4.69, 9.17) is 0 Å². The Labute approximate surface area is 143 Å². The summed E-state index contributed by atoms with van der Waals surface area (Å²) in [5.41, 5.74) is 0.429. The molecule has 0 amide bonds. The van der Waals surface area contributed by atoms with Crippen LogP contribution in [0.25, 0.3) is 0 Å². The second kappa shape index (κ2) is 8.91. The van der Waals surface area contributed by atoms with Crippen LogP contribution in [0.1, 0.15) is 59.3 Å². The third-order valence-electron chi connectivity index (χ3n) is 5.15. The minimum atomic E-state index is 0.429. The van der Waals surface area contributed by atoms with Crippen LogP contribution < -0.4 is 5.32 Å². The average molecular weight is 323 g/mol. The van der Waals surface area contributed by atoms with Crippen molar-refractivity contribution < 1.29 is 0 Å². The van der Waals surface area contributed by atoms with Crippen molar-refractivity contribution in [3.05, 3.63) is 0 Å². The standard InChI is InChI=1S/C19H38N4/c1-19(2,3)10-8-11-21-18(20-4)23-14-9-17(16-23)15-22-12-6-5-7-13-22/h17H,5-16H2,1-4H3,(H,20,21). The first-order chi connectivity index (χ1) is 11.0. The van der Waals surface area contributed by atoms with Crippen LogP contribution in [-0.4, -0.2) is 62.1 Å². The Morgan fingerprint density at radius 2 is 1.87 bits per heavy atom. The van der Waals surface area contributed by atoms with E-state index in [1.807, 2.05) is 7.05 Å². The highest BCUT2D eigenvalue weighted by Gasteiger charge is 2.26. The minimum absolute atomic E-state index is 0.429. The number of rotatable bonds is 5. The monoisotopic (exact) mass is 322 g/mol. The van der Waals surface area contributed by atoms with Crippen molar-refractivity contribution in [2.24, 2.45) is 16.3 Å². The van der Waals surface area contributed by atoms with E-state index in [9.17, 15) is 0 Å². The highest BCUT2D eigenvalue weighted by molar-refractivity contribution is 5.80. The van der Waals surface area contributed by atoms with E-state index in [1.165, 1.54) is 64.7 Å². The van der Waals surface area contributed by atoms with Gasteiger partial charge in [0.15, 0.2) is 5.96 Å². The van der Waals surface area contributed by atoms with Crippen molar-refractivity contribution in [1.29, 1.82) is 0 Å². The normalized spacial score (nSPS) is 24.3. The highest BCUT2D eigenvalue weighted by Crippen LogP contribution is 2.21. The molecule has 1 N–H and O–H groups in total. The van der Waals surface area contributed by atoms with Gasteiger partial charge in [-0.15, -0.1) is 0 Å². The molecule has 0 aliphatic carbocycles. The third kappa shape index (κ3) is 6.70. The summed E-state index contributed by atoms with van der Waals surface area (Å²) in [6.07, 6.45) is 8.01. The maximum Gasteiger partial charge on any atom is 0.193 e. The van der Waals surface area contributed by atoms with Crippen LogP contribution in [0.4, 0.5) is 0 Å². The lowest BCUT2D eigenvalue weighted by atomic mass is 9.91. The summed E-state index contributed by atoms with van der Waals surface area (Å²) in [4.78, 5) is 9.64.